The van der Waals surface area contributed by atoms with Crippen molar-refractivity contribution in [2.45, 2.75) is 31.2 Å². The predicted molar refractivity (Wildman–Crippen MR) is 78.0 cm³/mol. The largest absolute Gasteiger partial charge is 0.480 e. The van der Waals surface area contributed by atoms with Crippen LogP contribution in [0.1, 0.15) is 20.3 Å². The number of rotatable bonds is 6. The zero-order valence-corrected chi connectivity index (χ0v) is 13.3. The van der Waals surface area contributed by atoms with E-state index in [-0.39, 0.29) is 33.3 Å². The number of sulfonamides is 1. The molecule has 1 aromatic carbocycles. The fraction of sp³-hybridized carbons (Fsp3) is 0.417. The van der Waals surface area contributed by atoms with Gasteiger partial charge in [0.25, 0.3) is 0 Å². The first kappa shape index (κ1) is 16.7. The van der Waals surface area contributed by atoms with E-state index in [1.165, 1.54) is 12.1 Å². The molecule has 0 fully saturated rings. The molecule has 0 amide bonds. The summed E-state index contributed by atoms with van der Waals surface area (Å²) in [6.45, 7) is 3.60. The smallest absolute Gasteiger partial charge is 0.321 e. The second-order valence-electron chi connectivity index (χ2n) is 5.15. The topological polar surface area (TPSA) is 122 Å². The van der Waals surface area contributed by atoms with E-state index >= 15 is 0 Å². The fourth-order valence-electron chi connectivity index (χ4n) is 1.95. The summed E-state index contributed by atoms with van der Waals surface area (Å²) in [7, 11) is -4.12. The third-order valence-corrected chi connectivity index (χ3v) is 4.73. The number of nitrogens with zero attached hydrogens (tertiary/aromatic N) is 2. The standard InChI is InChI=1S/C12H14ClN3O5S/c1-6(2)5-8(12(17)18)16-22(19,20)9-4-3-7(13)10-11(9)15-21-14-10/h3-4,6,8,16H,5H2,1-2H3,(H,17,18)/t8-/m1/s1. The lowest BCUT2D eigenvalue weighted by Crippen LogP contribution is -2.41. The molecule has 0 aliphatic rings. The van der Waals surface area contributed by atoms with Crippen LogP contribution in [0.5, 0.6) is 0 Å². The number of aliphatic carboxylic acids is 1. The number of carbonyl (C=O) groups is 1. The first-order chi connectivity index (χ1) is 10.2. The molecule has 2 N–H and O–H groups in total. The lowest BCUT2D eigenvalue weighted by Gasteiger charge is -2.16. The predicted octanol–water partition coefficient (Wildman–Crippen LogP) is 1.65. The van der Waals surface area contributed by atoms with Gasteiger partial charge in [-0.2, -0.15) is 4.72 Å². The Labute approximate surface area is 131 Å². The number of aromatic nitrogens is 2. The Morgan fingerprint density at radius 1 is 1.36 bits per heavy atom. The van der Waals surface area contributed by atoms with E-state index in [9.17, 15) is 13.2 Å². The summed E-state index contributed by atoms with van der Waals surface area (Å²) in [5.74, 6) is -1.25. The molecular formula is C12H14ClN3O5S. The Bertz CT molecular complexity index is 802. The highest BCUT2D eigenvalue weighted by Gasteiger charge is 2.29. The molecule has 0 saturated heterocycles. The first-order valence-corrected chi connectivity index (χ1v) is 8.24. The molecule has 22 heavy (non-hydrogen) atoms. The van der Waals surface area contributed by atoms with Crippen molar-refractivity contribution in [3.8, 4) is 0 Å². The van der Waals surface area contributed by atoms with Gasteiger partial charge in [0, 0.05) is 0 Å². The van der Waals surface area contributed by atoms with Gasteiger partial charge in [-0.1, -0.05) is 25.4 Å². The number of carboxylic acids is 1. The quantitative estimate of drug-likeness (QED) is 0.814. The molecular weight excluding hydrogens is 334 g/mol. The van der Waals surface area contributed by atoms with Gasteiger partial charge in [0.15, 0.2) is 11.0 Å². The number of nitrogens with one attached hydrogen (secondary N) is 1. The van der Waals surface area contributed by atoms with Crippen LogP contribution in [0.15, 0.2) is 21.7 Å². The molecule has 0 unspecified atom stereocenters. The molecule has 1 atom stereocenters. The Kier molecular flexibility index (Phi) is 4.69. The van der Waals surface area contributed by atoms with Crippen LogP contribution in [-0.2, 0) is 14.8 Å². The second-order valence-corrected chi connectivity index (χ2v) is 7.24. The molecule has 10 heteroatoms. The Hall–Kier alpha value is -1.71. The minimum Gasteiger partial charge on any atom is -0.480 e. The van der Waals surface area contributed by atoms with Crippen molar-refractivity contribution >= 4 is 38.6 Å². The Balaban J connectivity index is 2.42. The lowest BCUT2D eigenvalue weighted by atomic mass is 10.1. The number of carboxylic acid groups (broad SMARTS) is 1. The normalized spacial score (nSPS) is 13.6. The van der Waals surface area contributed by atoms with Gasteiger partial charge in [-0.25, -0.2) is 13.0 Å². The SMILES string of the molecule is CC(C)C[C@@H](NS(=O)(=O)c1ccc(Cl)c2nonc12)C(=O)O. The van der Waals surface area contributed by atoms with Gasteiger partial charge < -0.3 is 5.11 Å². The van der Waals surface area contributed by atoms with Gasteiger partial charge in [-0.3, -0.25) is 4.79 Å². The minimum absolute atomic E-state index is 0.00255. The summed E-state index contributed by atoms with van der Waals surface area (Å²) < 4.78 is 31.5. The maximum absolute atomic E-state index is 12.4. The zero-order chi connectivity index (χ0) is 16.5. The van der Waals surface area contributed by atoms with E-state index in [0.29, 0.717) is 0 Å². The molecule has 0 radical (unpaired) electrons. The molecule has 2 rings (SSSR count). The van der Waals surface area contributed by atoms with Crippen molar-refractivity contribution in [2.24, 2.45) is 5.92 Å². The molecule has 0 bridgehead atoms. The summed E-state index contributed by atoms with van der Waals surface area (Å²) in [5, 5.41) is 16.4. The minimum atomic E-state index is -4.12. The summed E-state index contributed by atoms with van der Waals surface area (Å²) in [6, 6.07) is 1.32. The molecule has 1 aromatic heterocycles. The van der Waals surface area contributed by atoms with E-state index in [1.54, 1.807) is 13.8 Å². The summed E-state index contributed by atoms with van der Waals surface area (Å²) in [6.07, 6.45) is 0.155. The van der Waals surface area contributed by atoms with Crippen molar-refractivity contribution in [2.75, 3.05) is 0 Å². The number of hydrogen-bond acceptors (Lipinski definition) is 6. The van der Waals surface area contributed by atoms with Crippen molar-refractivity contribution in [3.63, 3.8) is 0 Å². The highest BCUT2D eigenvalue weighted by molar-refractivity contribution is 7.89. The van der Waals surface area contributed by atoms with Gasteiger partial charge in [0.1, 0.15) is 10.9 Å². The van der Waals surface area contributed by atoms with Crippen LogP contribution in [0.25, 0.3) is 11.0 Å². The Morgan fingerprint density at radius 3 is 2.59 bits per heavy atom. The maximum atomic E-state index is 12.4. The average Bonchev–Trinajstić information content (AvgIpc) is 2.87. The van der Waals surface area contributed by atoms with E-state index in [1.807, 2.05) is 0 Å². The number of benzene rings is 1. The van der Waals surface area contributed by atoms with E-state index in [2.05, 4.69) is 19.7 Å². The van der Waals surface area contributed by atoms with E-state index in [0.717, 1.165) is 0 Å². The van der Waals surface area contributed by atoms with Crippen LogP contribution < -0.4 is 4.72 Å². The van der Waals surface area contributed by atoms with Crippen molar-refractivity contribution in [1.82, 2.24) is 15.0 Å². The average molecular weight is 348 g/mol. The van der Waals surface area contributed by atoms with E-state index < -0.39 is 22.0 Å². The summed E-state index contributed by atoms with van der Waals surface area (Å²) in [5.41, 5.74) is 0.0500. The van der Waals surface area contributed by atoms with Gasteiger partial charge in [-0.15, -0.1) is 0 Å². The maximum Gasteiger partial charge on any atom is 0.321 e. The third kappa shape index (κ3) is 3.37. The van der Waals surface area contributed by atoms with E-state index in [4.69, 9.17) is 16.7 Å². The van der Waals surface area contributed by atoms with Gasteiger partial charge in [0.05, 0.1) is 5.02 Å². The third-order valence-electron chi connectivity index (χ3n) is 2.92. The molecule has 2 aromatic rings. The zero-order valence-electron chi connectivity index (χ0n) is 11.8. The van der Waals surface area contributed by atoms with Crippen molar-refractivity contribution in [1.29, 1.82) is 0 Å². The molecule has 0 aliphatic carbocycles. The molecule has 1 heterocycles. The van der Waals surface area contributed by atoms with Crippen LogP contribution in [0.4, 0.5) is 0 Å². The second kappa shape index (κ2) is 6.19. The fourth-order valence-corrected chi connectivity index (χ4v) is 3.47. The highest BCUT2D eigenvalue weighted by atomic mass is 35.5. The van der Waals surface area contributed by atoms with Crippen LogP contribution in [0.3, 0.4) is 0 Å². The van der Waals surface area contributed by atoms with Crippen molar-refractivity contribution < 1.29 is 22.9 Å². The van der Waals surface area contributed by atoms with Gasteiger partial charge in [0.2, 0.25) is 10.0 Å². The van der Waals surface area contributed by atoms with Gasteiger partial charge in [-0.05, 0) is 34.8 Å². The molecule has 0 saturated carbocycles. The van der Waals surface area contributed by atoms with Crippen LogP contribution in [-0.4, -0.2) is 35.8 Å². The molecule has 120 valence electrons. The number of halogens is 1. The molecule has 0 spiro atoms. The molecule has 0 aliphatic heterocycles. The summed E-state index contributed by atoms with van der Waals surface area (Å²) >= 11 is 5.87. The lowest BCUT2D eigenvalue weighted by molar-refractivity contribution is -0.139. The van der Waals surface area contributed by atoms with Gasteiger partial charge >= 0.3 is 5.97 Å². The molecule has 8 nitrogen and oxygen atoms in total. The van der Waals surface area contributed by atoms with Crippen LogP contribution in [0.2, 0.25) is 5.02 Å². The first-order valence-electron chi connectivity index (χ1n) is 6.38. The monoisotopic (exact) mass is 347 g/mol. The number of hydrogen-bond donors (Lipinski definition) is 2. The highest BCUT2D eigenvalue weighted by Crippen LogP contribution is 2.26. The van der Waals surface area contributed by atoms with Crippen molar-refractivity contribution in [3.05, 3.63) is 17.2 Å². The number of fused-ring (bicyclic) bond motifs is 1. The Morgan fingerprint density at radius 2 is 2.00 bits per heavy atom. The summed E-state index contributed by atoms with van der Waals surface area (Å²) in [4.78, 5) is 11.0. The van der Waals surface area contributed by atoms with Crippen LogP contribution >= 0.6 is 11.6 Å². The van der Waals surface area contributed by atoms with Crippen LogP contribution in [0, 0.1) is 5.92 Å².